The zero-order valence-electron chi connectivity index (χ0n) is 21.6. The molecule has 0 aliphatic carbocycles. The molecule has 1 saturated heterocycles. The fourth-order valence-electron chi connectivity index (χ4n) is 4.97. The lowest BCUT2D eigenvalue weighted by Gasteiger charge is -2.30. The van der Waals surface area contributed by atoms with E-state index >= 15 is 0 Å². The van der Waals surface area contributed by atoms with Crippen LogP contribution in [0.15, 0.2) is 60.8 Å². The largest absolute Gasteiger partial charge is 0.453 e. The van der Waals surface area contributed by atoms with Crippen molar-refractivity contribution in [2.45, 2.75) is 38.8 Å². The van der Waals surface area contributed by atoms with E-state index in [9.17, 15) is 9.59 Å². The molecule has 38 heavy (non-hydrogen) atoms. The monoisotopic (exact) mass is 531 g/mol. The highest BCUT2D eigenvalue weighted by Crippen LogP contribution is 2.33. The third kappa shape index (κ3) is 5.22. The highest BCUT2D eigenvalue weighted by molar-refractivity contribution is 6.29. The summed E-state index contributed by atoms with van der Waals surface area (Å²) < 4.78 is 4.72. The third-order valence-electron chi connectivity index (χ3n) is 7.02. The van der Waals surface area contributed by atoms with Gasteiger partial charge in [0.25, 0.3) is 0 Å². The van der Waals surface area contributed by atoms with Crippen LogP contribution in [0.1, 0.15) is 38.6 Å². The number of halogens is 1. The maximum absolute atomic E-state index is 13.4. The Bertz CT molecular complexity index is 1470. The molecule has 3 heterocycles. The molecular formula is C29H30ClN5O3. The first-order chi connectivity index (χ1) is 18.3. The molecule has 2 aromatic heterocycles. The number of imidazole rings is 1. The number of likely N-dealkylation sites (tertiary alicyclic amines) is 1. The van der Waals surface area contributed by atoms with Gasteiger partial charge in [-0.3, -0.25) is 4.79 Å². The first kappa shape index (κ1) is 25.7. The van der Waals surface area contributed by atoms with Crippen LogP contribution in [0.25, 0.3) is 33.3 Å². The van der Waals surface area contributed by atoms with Gasteiger partial charge >= 0.3 is 6.09 Å². The molecule has 2 amide bonds. The van der Waals surface area contributed by atoms with Crippen LogP contribution in [-0.2, 0) is 9.53 Å². The molecule has 1 fully saturated rings. The molecule has 0 spiro atoms. The lowest BCUT2D eigenvalue weighted by atomic mass is 10.0. The van der Waals surface area contributed by atoms with Crippen LogP contribution in [0, 0.1) is 5.92 Å². The molecule has 4 aromatic rings. The van der Waals surface area contributed by atoms with Crippen LogP contribution in [-0.4, -0.2) is 51.5 Å². The summed E-state index contributed by atoms with van der Waals surface area (Å²) in [4.78, 5) is 39.4. The SMILES string of the molecule is COC(=O)N[C@H](C(=O)N1CCC[C@H]1c1ncc(-c2ccc(-c3ccc4nc(Cl)ccc4c3)cc2)[nH]1)C(C)C. The smallest absolute Gasteiger partial charge is 0.407 e. The Morgan fingerprint density at radius 3 is 2.55 bits per heavy atom. The first-order valence-electron chi connectivity index (χ1n) is 12.7. The van der Waals surface area contributed by atoms with E-state index in [1.807, 2.05) is 43.1 Å². The maximum atomic E-state index is 13.4. The first-order valence-corrected chi connectivity index (χ1v) is 13.1. The van der Waals surface area contributed by atoms with Crippen molar-refractivity contribution in [3.8, 4) is 22.4 Å². The Morgan fingerprint density at radius 2 is 1.82 bits per heavy atom. The summed E-state index contributed by atoms with van der Waals surface area (Å²) in [5, 5.41) is 4.20. The minimum Gasteiger partial charge on any atom is -0.453 e. The van der Waals surface area contributed by atoms with Gasteiger partial charge in [0.15, 0.2) is 0 Å². The average Bonchev–Trinajstić information content (AvgIpc) is 3.61. The van der Waals surface area contributed by atoms with E-state index in [1.54, 1.807) is 6.07 Å². The summed E-state index contributed by atoms with van der Waals surface area (Å²) in [7, 11) is 1.29. The number of benzene rings is 2. The van der Waals surface area contributed by atoms with Crippen molar-refractivity contribution in [2.75, 3.05) is 13.7 Å². The number of methoxy groups -OCH3 is 1. The van der Waals surface area contributed by atoms with E-state index in [-0.39, 0.29) is 17.9 Å². The van der Waals surface area contributed by atoms with Gasteiger partial charge in [-0.2, -0.15) is 0 Å². The van der Waals surface area contributed by atoms with Crippen molar-refractivity contribution in [1.29, 1.82) is 0 Å². The van der Waals surface area contributed by atoms with E-state index in [4.69, 9.17) is 16.3 Å². The van der Waals surface area contributed by atoms with Crippen molar-refractivity contribution in [3.05, 3.63) is 71.8 Å². The van der Waals surface area contributed by atoms with Crippen molar-refractivity contribution < 1.29 is 14.3 Å². The Morgan fingerprint density at radius 1 is 1.08 bits per heavy atom. The molecule has 1 aliphatic rings. The average molecular weight is 532 g/mol. The van der Waals surface area contributed by atoms with E-state index in [0.29, 0.717) is 11.7 Å². The maximum Gasteiger partial charge on any atom is 0.407 e. The van der Waals surface area contributed by atoms with E-state index in [2.05, 4.69) is 50.6 Å². The zero-order chi connectivity index (χ0) is 26.8. The van der Waals surface area contributed by atoms with Gasteiger partial charge in [0.2, 0.25) is 5.91 Å². The number of amides is 2. The predicted molar refractivity (Wildman–Crippen MR) is 148 cm³/mol. The Hall–Kier alpha value is -3.91. The zero-order valence-corrected chi connectivity index (χ0v) is 22.3. The van der Waals surface area contributed by atoms with Gasteiger partial charge in [-0.05, 0) is 59.7 Å². The summed E-state index contributed by atoms with van der Waals surface area (Å²) in [5.41, 5.74) is 4.94. The highest BCUT2D eigenvalue weighted by atomic mass is 35.5. The molecule has 1 aliphatic heterocycles. The highest BCUT2D eigenvalue weighted by Gasteiger charge is 2.37. The standard InChI is InChI=1S/C29H30ClN5O3/c1-17(2)26(34-29(37)38-3)28(36)35-14-4-5-24(35)27-31-16-23(33-27)19-8-6-18(7-9-19)20-10-12-22-21(15-20)11-13-25(30)32-22/h6-13,15-17,24,26H,4-5,14H2,1-3H3,(H,31,33)(H,34,37)/t24-,26-/m0/s1. The van der Waals surface area contributed by atoms with Crippen LogP contribution in [0.5, 0.6) is 0 Å². The molecule has 8 nitrogen and oxygen atoms in total. The molecule has 0 radical (unpaired) electrons. The van der Waals surface area contributed by atoms with E-state index in [1.165, 1.54) is 7.11 Å². The van der Waals surface area contributed by atoms with Gasteiger partial charge < -0.3 is 19.9 Å². The Labute approximate surface area is 226 Å². The van der Waals surface area contributed by atoms with Gasteiger partial charge in [-0.25, -0.2) is 14.8 Å². The number of carbonyl (C=O) groups excluding carboxylic acids is 2. The minimum absolute atomic E-state index is 0.0785. The molecule has 9 heteroatoms. The fourth-order valence-corrected chi connectivity index (χ4v) is 5.12. The lowest BCUT2D eigenvalue weighted by Crippen LogP contribution is -2.51. The molecule has 0 saturated carbocycles. The van der Waals surface area contributed by atoms with E-state index < -0.39 is 12.1 Å². The number of carbonyl (C=O) groups is 2. The van der Waals surface area contributed by atoms with Crippen molar-refractivity contribution in [2.24, 2.45) is 5.92 Å². The summed E-state index contributed by atoms with van der Waals surface area (Å²) in [6.07, 6.45) is 2.88. The summed E-state index contributed by atoms with van der Waals surface area (Å²) in [6.45, 7) is 4.43. The lowest BCUT2D eigenvalue weighted by molar-refractivity contribution is -0.135. The number of aromatic nitrogens is 3. The number of H-pyrrole nitrogens is 1. The fraction of sp³-hybridized carbons (Fsp3) is 0.310. The number of nitrogens with one attached hydrogen (secondary N) is 2. The van der Waals surface area contributed by atoms with Crippen molar-refractivity contribution in [3.63, 3.8) is 0 Å². The van der Waals surface area contributed by atoms with E-state index in [0.717, 1.165) is 52.0 Å². The minimum atomic E-state index is -0.659. The molecule has 2 aromatic carbocycles. The Balaban J connectivity index is 1.33. The molecule has 2 N–H and O–H groups in total. The summed E-state index contributed by atoms with van der Waals surface area (Å²) in [5.74, 6) is 0.546. The number of nitrogens with zero attached hydrogens (tertiary/aromatic N) is 3. The van der Waals surface area contributed by atoms with Gasteiger partial charge in [-0.15, -0.1) is 0 Å². The number of pyridine rings is 1. The summed E-state index contributed by atoms with van der Waals surface area (Å²) >= 11 is 6.01. The predicted octanol–water partition coefficient (Wildman–Crippen LogP) is 5.99. The number of hydrogen-bond donors (Lipinski definition) is 2. The number of alkyl carbamates (subject to hydrolysis) is 1. The van der Waals surface area contributed by atoms with Crippen LogP contribution in [0.3, 0.4) is 0 Å². The quantitative estimate of drug-likeness (QED) is 0.298. The topological polar surface area (TPSA) is 100 Å². The van der Waals surface area contributed by atoms with Crippen LogP contribution >= 0.6 is 11.6 Å². The van der Waals surface area contributed by atoms with Gasteiger partial charge in [0.05, 0.1) is 30.6 Å². The number of aromatic amines is 1. The number of rotatable bonds is 6. The van der Waals surface area contributed by atoms with Gasteiger partial charge in [0, 0.05) is 11.9 Å². The Kier molecular flexibility index (Phi) is 7.33. The van der Waals surface area contributed by atoms with Crippen molar-refractivity contribution >= 4 is 34.5 Å². The molecule has 2 atom stereocenters. The van der Waals surface area contributed by atoms with Gasteiger partial charge in [0.1, 0.15) is 17.0 Å². The second-order valence-electron chi connectivity index (χ2n) is 9.85. The van der Waals surface area contributed by atoms with Crippen molar-refractivity contribution in [1.82, 2.24) is 25.2 Å². The number of hydrogen-bond acceptors (Lipinski definition) is 5. The molecule has 0 unspecified atom stereocenters. The van der Waals surface area contributed by atoms with Gasteiger partial charge in [-0.1, -0.05) is 55.8 Å². The molecular weight excluding hydrogens is 502 g/mol. The van der Waals surface area contributed by atoms with Crippen LogP contribution in [0.4, 0.5) is 4.79 Å². The third-order valence-corrected chi connectivity index (χ3v) is 7.23. The normalized spacial score (nSPS) is 16.1. The van der Waals surface area contributed by atoms with Crippen LogP contribution in [0.2, 0.25) is 5.15 Å². The second-order valence-corrected chi connectivity index (χ2v) is 10.2. The van der Waals surface area contributed by atoms with Crippen LogP contribution < -0.4 is 5.32 Å². The molecule has 5 rings (SSSR count). The molecule has 0 bridgehead atoms. The number of fused-ring (bicyclic) bond motifs is 1. The summed E-state index contributed by atoms with van der Waals surface area (Å²) in [6, 6.07) is 17.3. The second kappa shape index (κ2) is 10.8. The number of ether oxygens (including phenoxy) is 1. The molecule has 196 valence electrons.